The topological polar surface area (TPSA) is 80.6 Å². The van der Waals surface area contributed by atoms with Crippen LogP contribution in [0.2, 0.25) is 0 Å². The second-order valence-electron chi connectivity index (χ2n) is 5.16. The van der Waals surface area contributed by atoms with Crippen LogP contribution in [-0.4, -0.2) is 19.5 Å². The van der Waals surface area contributed by atoms with E-state index >= 15 is 0 Å². The Labute approximate surface area is 156 Å². The van der Waals surface area contributed by atoms with Crippen molar-refractivity contribution in [3.63, 3.8) is 0 Å². The fraction of sp³-hybridized carbons (Fsp3) is 0.105. The lowest BCUT2D eigenvalue weighted by atomic mass is 10.2. The minimum atomic E-state index is -0.547. The van der Waals surface area contributed by atoms with E-state index in [1.807, 2.05) is 32.0 Å². The maximum atomic E-state index is 12.0. The Bertz CT molecular complexity index is 1270. The van der Waals surface area contributed by atoms with Crippen LogP contribution in [0.3, 0.4) is 0 Å². The molecule has 0 atom stereocenters. The Morgan fingerprint density at radius 1 is 1.23 bits per heavy atom. The van der Waals surface area contributed by atoms with Crippen molar-refractivity contribution in [2.45, 2.75) is 13.8 Å². The SMILES string of the molecule is C=c1nc2cc/c(=C(\O)c3nc(Br)c4ccccn34)cc2c(=O)o1.CC. The lowest BCUT2D eigenvalue weighted by Gasteiger charge is -2.01. The Hall–Kier alpha value is -2.93. The lowest BCUT2D eigenvalue weighted by Crippen LogP contribution is -2.17. The van der Waals surface area contributed by atoms with Gasteiger partial charge in [-0.3, -0.25) is 4.40 Å². The first-order valence-electron chi connectivity index (χ1n) is 8.01. The summed E-state index contributed by atoms with van der Waals surface area (Å²) in [6.45, 7) is 7.52. The minimum absolute atomic E-state index is 0.0524. The number of benzene rings is 1. The van der Waals surface area contributed by atoms with Crippen LogP contribution in [0.1, 0.15) is 19.7 Å². The maximum Gasteiger partial charge on any atom is 0.347 e. The molecule has 0 aliphatic heterocycles. The monoisotopic (exact) mass is 413 g/mol. The molecule has 0 spiro atoms. The summed E-state index contributed by atoms with van der Waals surface area (Å²) in [5, 5.41) is 11.4. The van der Waals surface area contributed by atoms with Crippen molar-refractivity contribution in [2.75, 3.05) is 0 Å². The molecule has 0 unspecified atom stereocenters. The highest BCUT2D eigenvalue weighted by molar-refractivity contribution is 9.10. The number of hydrogen-bond acceptors (Lipinski definition) is 5. The molecule has 0 aliphatic carbocycles. The van der Waals surface area contributed by atoms with Crippen LogP contribution in [0.5, 0.6) is 0 Å². The van der Waals surface area contributed by atoms with Crippen LogP contribution in [0.25, 0.3) is 28.8 Å². The zero-order valence-electron chi connectivity index (χ0n) is 14.2. The summed E-state index contributed by atoms with van der Waals surface area (Å²) in [4.78, 5) is 20.4. The van der Waals surface area contributed by atoms with E-state index in [4.69, 9.17) is 4.42 Å². The van der Waals surface area contributed by atoms with Gasteiger partial charge in [-0.1, -0.05) is 19.9 Å². The van der Waals surface area contributed by atoms with Gasteiger partial charge in [-0.15, -0.1) is 0 Å². The van der Waals surface area contributed by atoms with Gasteiger partial charge in [-0.25, -0.2) is 14.8 Å². The lowest BCUT2D eigenvalue weighted by molar-refractivity contribution is 0.466. The van der Waals surface area contributed by atoms with Crippen LogP contribution in [0.15, 0.2) is 56.4 Å². The predicted octanol–water partition coefficient (Wildman–Crippen LogP) is 2.75. The van der Waals surface area contributed by atoms with E-state index in [1.165, 1.54) is 6.07 Å². The Morgan fingerprint density at radius 3 is 2.77 bits per heavy atom. The van der Waals surface area contributed by atoms with Gasteiger partial charge in [0.25, 0.3) is 0 Å². The smallest absolute Gasteiger partial charge is 0.347 e. The Kier molecular flexibility index (Phi) is 4.90. The molecule has 0 radical (unpaired) electrons. The molecule has 0 bridgehead atoms. The van der Waals surface area contributed by atoms with Crippen LogP contribution in [-0.2, 0) is 0 Å². The van der Waals surface area contributed by atoms with Crippen molar-refractivity contribution in [1.82, 2.24) is 14.4 Å². The molecule has 132 valence electrons. The van der Waals surface area contributed by atoms with Crippen molar-refractivity contribution in [3.05, 3.63) is 74.2 Å². The van der Waals surface area contributed by atoms with E-state index in [-0.39, 0.29) is 16.7 Å². The van der Waals surface area contributed by atoms with E-state index < -0.39 is 5.63 Å². The average Bonchev–Trinajstić information content (AvgIpc) is 2.99. The zero-order valence-corrected chi connectivity index (χ0v) is 15.8. The number of aliphatic hydroxyl groups is 1. The fourth-order valence-corrected chi connectivity index (χ4v) is 3.05. The second-order valence-corrected chi connectivity index (χ2v) is 5.91. The fourth-order valence-electron chi connectivity index (χ4n) is 2.56. The molecule has 1 N–H and O–H groups in total. The highest BCUT2D eigenvalue weighted by Crippen LogP contribution is 2.21. The molecule has 0 aliphatic rings. The van der Waals surface area contributed by atoms with Gasteiger partial charge < -0.3 is 9.52 Å². The third kappa shape index (κ3) is 3.01. The van der Waals surface area contributed by atoms with Crippen LogP contribution in [0, 0.1) is 0 Å². The molecular formula is C19H16BrN3O3. The summed E-state index contributed by atoms with van der Waals surface area (Å²) in [5.74, 6) is 0.310. The quantitative estimate of drug-likeness (QED) is 0.518. The number of halogens is 1. The standard InChI is InChI=1S/C17H10BrN3O3.C2H6/c1-9-19-12-6-5-10(8-11(12)17(23)24-9)14(22)16-20-15(18)13-4-2-3-7-21(13)16;1-2/h2-8,22H,1H2;1-2H3/b14-10+;. The molecule has 0 fully saturated rings. The number of aliphatic hydroxyl groups excluding tert-OH is 1. The highest BCUT2D eigenvalue weighted by atomic mass is 79.9. The predicted molar refractivity (Wildman–Crippen MR) is 104 cm³/mol. The average molecular weight is 414 g/mol. The first kappa shape index (κ1) is 17.9. The molecule has 7 heteroatoms. The van der Waals surface area contributed by atoms with Crippen molar-refractivity contribution >= 4 is 44.7 Å². The number of nitrogens with zero attached hydrogens (tertiary/aromatic N) is 3. The molecule has 4 rings (SSSR count). The third-order valence-corrected chi connectivity index (χ3v) is 4.24. The summed E-state index contributed by atoms with van der Waals surface area (Å²) < 4.78 is 7.28. The molecule has 4 aromatic rings. The third-order valence-electron chi connectivity index (χ3n) is 3.66. The van der Waals surface area contributed by atoms with Crippen molar-refractivity contribution in [2.24, 2.45) is 0 Å². The van der Waals surface area contributed by atoms with Gasteiger partial charge in [0.1, 0.15) is 4.60 Å². The molecule has 6 nitrogen and oxygen atoms in total. The molecule has 3 heterocycles. The summed E-state index contributed by atoms with van der Waals surface area (Å²) in [6.07, 6.45) is 1.80. The van der Waals surface area contributed by atoms with Gasteiger partial charge >= 0.3 is 5.63 Å². The maximum absolute atomic E-state index is 12.0. The second kappa shape index (κ2) is 7.13. The molecular weight excluding hydrogens is 398 g/mol. The molecule has 3 aromatic heterocycles. The van der Waals surface area contributed by atoms with Gasteiger partial charge in [-0.05, 0) is 52.8 Å². The molecule has 0 saturated heterocycles. The number of pyridine rings is 1. The van der Waals surface area contributed by atoms with Crippen LogP contribution in [0.4, 0.5) is 0 Å². The summed E-state index contributed by atoms with van der Waals surface area (Å²) in [7, 11) is 0. The highest BCUT2D eigenvalue weighted by Gasteiger charge is 2.13. The van der Waals surface area contributed by atoms with Gasteiger partial charge in [-0.2, -0.15) is 0 Å². The zero-order chi connectivity index (χ0) is 18.8. The molecule has 0 saturated carbocycles. The van der Waals surface area contributed by atoms with Crippen molar-refractivity contribution in [1.29, 1.82) is 0 Å². The summed E-state index contributed by atoms with van der Waals surface area (Å²) >= 11 is 3.38. The number of imidazole rings is 1. The van der Waals surface area contributed by atoms with Gasteiger partial charge in [0.15, 0.2) is 11.6 Å². The number of hydrogen-bond donors (Lipinski definition) is 1. The number of fused-ring (bicyclic) bond motifs is 2. The number of aromatic nitrogens is 3. The first-order chi connectivity index (χ1) is 12.5. The Morgan fingerprint density at radius 2 is 2.00 bits per heavy atom. The van der Waals surface area contributed by atoms with E-state index in [9.17, 15) is 9.90 Å². The molecule has 0 amide bonds. The van der Waals surface area contributed by atoms with Crippen molar-refractivity contribution < 1.29 is 9.52 Å². The van der Waals surface area contributed by atoms with E-state index in [2.05, 4.69) is 32.5 Å². The van der Waals surface area contributed by atoms with Gasteiger partial charge in [0.2, 0.25) is 5.55 Å². The normalized spacial score (nSPS) is 12.0. The Balaban J connectivity index is 0.000000948. The van der Waals surface area contributed by atoms with E-state index in [0.29, 0.717) is 21.2 Å². The summed E-state index contributed by atoms with van der Waals surface area (Å²) in [5.41, 5.74) is 0.787. The number of rotatable bonds is 1. The summed E-state index contributed by atoms with van der Waals surface area (Å²) in [6, 6.07) is 10.4. The van der Waals surface area contributed by atoms with Crippen LogP contribution < -0.4 is 16.4 Å². The van der Waals surface area contributed by atoms with Gasteiger partial charge in [0.05, 0.1) is 16.4 Å². The first-order valence-corrected chi connectivity index (χ1v) is 8.80. The molecule has 26 heavy (non-hydrogen) atoms. The molecule has 1 aromatic carbocycles. The minimum Gasteiger partial charge on any atom is -0.504 e. The van der Waals surface area contributed by atoms with E-state index in [1.54, 1.807) is 22.7 Å². The van der Waals surface area contributed by atoms with Gasteiger partial charge in [0, 0.05) is 11.4 Å². The van der Waals surface area contributed by atoms with Crippen LogP contribution >= 0.6 is 15.9 Å². The van der Waals surface area contributed by atoms with Crippen molar-refractivity contribution in [3.8, 4) is 0 Å². The largest absolute Gasteiger partial charge is 0.504 e. The van der Waals surface area contributed by atoms with E-state index in [0.717, 1.165) is 5.52 Å².